The summed E-state index contributed by atoms with van der Waals surface area (Å²) in [5, 5.41) is 0. The number of anilines is 1. The van der Waals surface area contributed by atoms with Gasteiger partial charge in [0.15, 0.2) is 5.78 Å². The standard InChI is InChI=1S/C15H24N4O/c1-6-13-9-19(10(2)8-18(13)5)15-11(3)17-14(7-16-15)12(4)20/h7,10,13H,6,8-9H2,1-5H3/t10-,13+/m1/s1. The minimum absolute atomic E-state index is 0.0370. The van der Waals surface area contributed by atoms with E-state index in [1.165, 1.54) is 6.92 Å². The Labute approximate surface area is 121 Å². The monoisotopic (exact) mass is 276 g/mol. The van der Waals surface area contributed by atoms with Gasteiger partial charge in [-0.2, -0.15) is 0 Å². The first kappa shape index (κ1) is 14.9. The van der Waals surface area contributed by atoms with Crippen LogP contribution in [0.25, 0.3) is 0 Å². The number of piperazine rings is 1. The first-order valence-electron chi connectivity index (χ1n) is 7.25. The van der Waals surface area contributed by atoms with Gasteiger partial charge in [0, 0.05) is 32.1 Å². The smallest absolute Gasteiger partial charge is 0.179 e. The highest BCUT2D eigenvalue weighted by molar-refractivity contribution is 5.91. The first-order chi connectivity index (χ1) is 9.43. The summed E-state index contributed by atoms with van der Waals surface area (Å²) in [4.78, 5) is 25.0. The third-order valence-corrected chi connectivity index (χ3v) is 4.14. The lowest BCUT2D eigenvalue weighted by atomic mass is 10.1. The van der Waals surface area contributed by atoms with Gasteiger partial charge in [0.2, 0.25) is 0 Å². The van der Waals surface area contributed by atoms with Crippen LogP contribution in [0.1, 0.15) is 43.4 Å². The number of Topliss-reactive ketones (excluding diaryl/α,β-unsaturated/α-hetero) is 1. The predicted molar refractivity (Wildman–Crippen MR) is 80.3 cm³/mol. The van der Waals surface area contributed by atoms with Gasteiger partial charge in [0.05, 0.1) is 11.9 Å². The van der Waals surface area contributed by atoms with Crippen LogP contribution in [-0.2, 0) is 0 Å². The minimum Gasteiger partial charge on any atom is -0.350 e. The normalized spacial score (nSPS) is 23.9. The van der Waals surface area contributed by atoms with Crippen molar-refractivity contribution in [1.29, 1.82) is 0 Å². The van der Waals surface area contributed by atoms with Crippen molar-refractivity contribution in [2.45, 2.75) is 46.2 Å². The van der Waals surface area contributed by atoms with Crippen molar-refractivity contribution in [3.8, 4) is 0 Å². The number of aromatic nitrogens is 2. The quantitative estimate of drug-likeness (QED) is 0.789. The van der Waals surface area contributed by atoms with Gasteiger partial charge in [-0.05, 0) is 27.3 Å². The van der Waals surface area contributed by atoms with Crippen molar-refractivity contribution in [2.75, 3.05) is 25.0 Å². The predicted octanol–water partition coefficient (Wildman–Crippen LogP) is 1.91. The molecular formula is C15H24N4O. The average Bonchev–Trinajstić information content (AvgIpc) is 2.39. The zero-order chi connectivity index (χ0) is 14.9. The van der Waals surface area contributed by atoms with E-state index >= 15 is 0 Å². The molecule has 0 aliphatic carbocycles. The van der Waals surface area contributed by atoms with Crippen molar-refractivity contribution < 1.29 is 4.79 Å². The van der Waals surface area contributed by atoms with Crippen molar-refractivity contribution in [2.24, 2.45) is 0 Å². The summed E-state index contributed by atoms with van der Waals surface area (Å²) < 4.78 is 0. The molecule has 2 rings (SSSR count). The summed E-state index contributed by atoms with van der Waals surface area (Å²) in [5.74, 6) is 0.874. The summed E-state index contributed by atoms with van der Waals surface area (Å²) >= 11 is 0. The molecule has 110 valence electrons. The van der Waals surface area contributed by atoms with Crippen LogP contribution in [0, 0.1) is 6.92 Å². The van der Waals surface area contributed by atoms with Gasteiger partial charge in [-0.3, -0.25) is 9.69 Å². The molecule has 0 spiro atoms. The molecular weight excluding hydrogens is 252 g/mol. The van der Waals surface area contributed by atoms with E-state index < -0.39 is 0 Å². The maximum absolute atomic E-state index is 11.4. The molecule has 0 bridgehead atoms. The molecule has 0 radical (unpaired) electrons. The summed E-state index contributed by atoms with van der Waals surface area (Å²) in [6.07, 6.45) is 2.72. The molecule has 5 nitrogen and oxygen atoms in total. The molecule has 2 heterocycles. The Morgan fingerprint density at radius 3 is 2.70 bits per heavy atom. The van der Waals surface area contributed by atoms with E-state index in [4.69, 9.17) is 0 Å². The maximum atomic E-state index is 11.4. The third-order valence-electron chi connectivity index (χ3n) is 4.14. The Kier molecular flexibility index (Phi) is 4.38. The van der Waals surface area contributed by atoms with Crippen molar-refractivity contribution >= 4 is 11.6 Å². The van der Waals surface area contributed by atoms with Crippen LogP contribution in [0.4, 0.5) is 5.82 Å². The molecule has 0 unspecified atom stereocenters. The maximum Gasteiger partial charge on any atom is 0.179 e. The number of hydrogen-bond donors (Lipinski definition) is 0. The number of ketones is 1. The fraction of sp³-hybridized carbons (Fsp3) is 0.667. The second-order valence-corrected chi connectivity index (χ2v) is 5.72. The van der Waals surface area contributed by atoms with Crippen LogP contribution in [0.3, 0.4) is 0 Å². The fourth-order valence-corrected chi connectivity index (χ4v) is 2.87. The van der Waals surface area contributed by atoms with Crippen LogP contribution in [0.15, 0.2) is 6.20 Å². The summed E-state index contributed by atoms with van der Waals surface area (Å²) in [7, 11) is 2.18. The van der Waals surface area contributed by atoms with Crippen molar-refractivity contribution in [3.05, 3.63) is 17.6 Å². The molecule has 0 amide bonds. The Balaban J connectivity index is 2.28. The second-order valence-electron chi connectivity index (χ2n) is 5.72. The third kappa shape index (κ3) is 2.82. The van der Waals surface area contributed by atoms with E-state index in [-0.39, 0.29) is 5.78 Å². The van der Waals surface area contributed by atoms with Gasteiger partial charge in [-0.1, -0.05) is 6.92 Å². The Hall–Kier alpha value is -1.49. The molecule has 1 aliphatic rings. The molecule has 1 aliphatic heterocycles. The summed E-state index contributed by atoms with van der Waals surface area (Å²) in [6.45, 7) is 9.86. The summed E-state index contributed by atoms with van der Waals surface area (Å²) in [6, 6.07) is 0.943. The molecule has 20 heavy (non-hydrogen) atoms. The molecule has 0 aromatic carbocycles. The number of carbonyl (C=O) groups is 1. The number of hydrogen-bond acceptors (Lipinski definition) is 5. The molecule has 5 heteroatoms. The molecule has 1 saturated heterocycles. The number of likely N-dealkylation sites (N-methyl/N-ethyl adjacent to an activating group) is 1. The van der Waals surface area contributed by atoms with E-state index in [1.54, 1.807) is 6.20 Å². The van der Waals surface area contributed by atoms with Gasteiger partial charge in [0.25, 0.3) is 0 Å². The Bertz CT molecular complexity index is 503. The zero-order valence-electron chi connectivity index (χ0n) is 13.1. The molecule has 1 aromatic heterocycles. The highest BCUT2D eigenvalue weighted by Crippen LogP contribution is 2.24. The van der Waals surface area contributed by atoms with E-state index in [2.05, 4.69) is 40.7 Å². The van der Waals surface area contributed by atoms with E-state index in [0.717, 1.165) is 31.0 Å². The first-order valence-corrected chi connectivity index (χ1v) is 7.25. The Morgan fingerprint density at radius 1 is 1.45 bits per heavy atom. The fourth-order valence-electron chi connectivity index (χ4n) is 2.87. The van der Waals surface area contributed by atoms with Crippen LogP contribution in [0.2, 0.25) is 0 Å². The second kappa shape index (κ2) is 5.87. The SMILES string of the molecule is CC[C@H]1CN(c2ncc(C(C)=O)nc2C)[C@H](C)CN1C. The van der Waals surface area contributed by atoms with Crippen LogP contribution in [0.5, 0.6) is 0 Å². The van der Waals surface area contributed by atoms with Crippen molar-refractivity contribution in [3.63, 3.8) is 0 Å². The minimum atomic E-state index is -0.0370. The molecule has 0 saturated carbocycles. The largest absolute Gasteiger partial charge is 0.350 e. The highest BCUT2D eigenvalue weighted by Gasteiger charge is 2.30. The lowest BCUT2D eigenvalue weighted by Gasteiger charge is -2.44. The van der Waals surface area contributed by atoms with Gasteiger partial charge in [-0.25, -0.2) is 9.97 Å². The van der Waals surface area contributed by atoms with Gasteiger partial charge < -0.3 is 4.90 Å². The van der Waals surface area contributed by atoms with E-state index in [1.807, 2.05) is 6.92 Å². The number of aryl methyl sites for hydroxylation is 1. The molecule has 1 aromatic rings. The number of carbonyl (C=O) groups excluding carboxylic acids is 1. The van der Waals surface area contributed by atoms with Gasteiger partial charge >= 0.3 is 0 Å². The van der Waals surface area contributed by atoms with Crippen LogP contribution < -0.4 is 4.90 Å². The summed E-state index contributed by atoms with van der Waals surface area (Å²) in [5.41, 5.74) is 1.28. The van der Waals surface area contributed by atoms with Gasteiger partial charge in [0.1, 0.15) is 11.5 Å². The zero-order valence-corrected chi connectivity index (χ0v) is 13.1. The van der Waals surface area contributed by atoms with Crippen LogP contribution in [-0.4, -0.2) is 52.9 Å². The molecule has 2 atom stereocenters. The lowest BCUT2D eigenvalue weighted by molar-refractivity contribution is 0.101. The van der Waals surface area contributed by atoms with Crippen molar-refractivity contribution in [1.82, 2.24) is 14.9 Å². The average molecular weight is 276 g/mol. The Morgan fingerprint density at radius 2 is 2.15 bits per heavy atom. The lowest BCUT2D eigenvalue weighted by Crippen LogP contribution is -2.56. The van der Waals surface area contributed by atoms with E-state index in [9.17, 15) is 4.79 Å². The number of nitrogens with zero attached hydrogens (tertiary/aromatic N) is 4. The van der Waals surface area contributed by atoms with E-state index in [0.29, 0.717) is 17.8 Å². The van der Waals surface area contributed by atoms with Gasteiger partial charge in [-0.15, -0.1) is 0 Å². The molecule has 0 N–H and O–H groups in total. The number of rotatable bonds is 3. The topological polar surface area (TPSA) is 49.3 Å². The highest BCUT2D eigenvalue weighted by atomic mass is 16.1. The molecule has 1 fully saturated rings. The van der Waals surface area contributed by atoms with Crippen LogP contribution >= 0.6 is 0 Å².